The molecular weight excluding hydrogens is 421 g/mol. The van der Waals surface area contributed by atoms with Crippen LogP contribution in [0.3, 0.4) is 0 Å². The van der Waals surface area contributed by atoms with Crippen molar-refractivity contribution in [3.05, 3.63) is 47.4 Å². The number of nitrogens with two attached hydrogens (primary N) is 2. The predicted molar refractivity (Wildman–Crippen MR) is 120 cm³/mol. The van der Waals surface area contributed by atoms with Gasteiger partial charge in [-0.1, -0.05) is 12.8 Å². The number of benzene rings is 1. The van der Waals surface area contributed by atoms with Gasteiger partial charge in [-0.2, -0.15) is 5.10 Å². The predicted octanol–water partition coefficient (Wildman–Crippen LogP) is 2.92. The molecule has 0 aliphatic heterocycles. The fraction of sp³-hybridized carbons (Fsp3) is 0.350. The van der Waals surface area contributed by atoms with E-state index < -0.39 is 11.7 Å². The largest absolute Gasteiger partial charge is 0.321 e. The smallest absolute Gasteiger partial charge is 0.258 e. The van der Waals surface area contributed by atoms with Gasteiger partial charge in [0.2, 0.25) is 5.17 Å². The highest BCUT2D eigenvalue weighted by atomic mass is 32.2. The standard InChI is InChI=1S/C20H26FN7O2S/c1-28(23)20(26-22)31-17-8-7-14(27-30-2)10-15(17)19(29)25-18-16(21)9-13(11-24-18)6-5-12-3-4-12/h7-12,27H,3-6,22-23H2,1-2H3,(H,24,25,29)/b26-20+. The maximum atomic E-state index is 14.6. The van der Waals surface area contributed by atoms with Gasteiger partial charge in [0.1, 0.15) is 0 Å². The zero-order valence-electron chi connectivity index (χ0n) is 17.4. The van der Waals surface area contributed by atoms with Gasteiger partial charge in [-0.15, -0.1) is 0 Å². The highest BCUT2D eigenvalue weighted by Gasteiger charge is 2.21. The third-order valence-corrected chi connectivity index (χ3v) is 5.88. The summed E-state index contributed by atoms with van der Waals surface area (Å²) in [5.41, 5.74) is 4.26. The summed E-state index contributed by atoms with van der Waals surface area (Å²) in [6.45, 7) is 0. The molecule has 1 aliphatic rings. The topological polar surface area (TPSA) is 131 Å². The van der Waals surface area contributed by atoms with Crippen LogP contribution in [0.2, 0.25) is 0 Å². The number of anilines is 2. The molecule has 2 aromatic rings. The summed E-state index contributed by atoms with van der Waals surface area (Å²) < 4.78 is 14.6. The van der Waals surface area contributed by atoms with Gasteiger partial charge in [0.25, 0.3) is 5.91 Å². The number of hydrogen-bond acceptors (Lipinski definition) is 8. The lowest BCUT2D eigenvalue weighted by atomic mass is 10.1. The number of hydrazine groups is 1. The molecule has 0 saturated heterocycles. The molecule has 0 spiro atoms. The molecule has 3 rings (SSSR count). The van der Waals surface area contributed by atoms with Gasteiger partial charge >= 0.3 is 0 Å². The summed E-state index contributed by atoms with van der Waals surface area (Å²) in [6, 6.07) is 6.38. The molecule has 6 N–H and O–H groups in total. The lowest BCUT2D eigenvalue weighted by molar-refractivity contribution is 0.102. The summed E-state index contributed by atoms with van der Waals surface area (Å²) in [4.78, 5) is 22.5. The van der Waals surface area contributed by atoms with E-state index in [0.29, 0.717) is 10.6 Å². The van der Waals surface area contributed by atoms with Crippen LogP contribution in [-0.4, -0.2) is 35.2 Å². The molecule has 0 atom stereocenters. The lowest BCUT2D eigenvalue weighted by Gasteiger charge is -2.16. The lowest BCUT2D eigenvalue weighted by Crippen LogP contribution is -2.32. The number of pyridine rings is 1. The van der Waals surface area contributed by atoms with E-state index in [4.69, 9.17) is 16.5 Å². The van der Waals surface area contributed by atoms with Gasteiger partial charge in [-0.05, 0) is 60.4 Å². The summed E-state index contributed by atoms with van der Waals surface area (Å²) in [6.07, 6.45) is 5.91. The minimum Gasteiger partial charge on any atom is -0.321 e. The van der Waals surface area contributed by atoms with Crippen molar-refractivity contribution in [3.8, 4) is 0 Å². The fourth-order valence-electron chi connectivity index (χ4n) is 2.92. The average Bonchev–Trinajstić information content (AvgIpc) is 3.57. The fourth-order valence-corrected chi connectivity index (χ4v) is 3.72. The first-order chi connectivity index (χ1) is 14.9. The number of hydrogen-bond donors (Lipinski definition) is 4. The summed E-state index contributed by atoms with van der Waals surface area (Å²) >= 11 is 1.09. The Labute approximate surface area is 184 Å². The van der Waals surface area contributed by atoms with Crippen LogP contribution in [0.5, 0.6) is 0 Å². The molecule has 1 saturated carbocycles. The molecule has 0 unspecified atom stereocenters. The normalized spacial score (nSPS) is 13.7. The first-order valence-electron chi connectivity index (χ1n) is 9.74. The molecular formula is C20H26FN7O2S. The first kappa shape index (κ1) is 22.8. The van der Waals surface area contributed by atoms with Crippen LogP contribution in [0, 0.1) is 11.7 Å². The van der Waals surface area contributed by atoms with E-state index in [9.17, 15) is 9.18 Å². The van der Waals surface area contributed by atoms with Crippen LogP contribution in [0.1, 0.15) is 35.2 Å². The Hall–Kier alpha value is -2.89. The number of carbonyl (C=O) groups is 1. The third-order valence-electron chi connectivity index (χ3n) is 4.73. The zero-order chi connectivity index (χ0) is 22.4. The molecule has 1 aromatic heterocycles. The average molecular weight is 448 g/mol. The van der Waals surface area contributed by atoms with E-state index in [-0.39, 0.29) is 16.5 Å². The Morgan fingerprint density at radius 3 is 2.81 bits per heavy atom. The second kappa shape index (κ2) is 10.4. The van der Waals surface area contributed by atoms with Gasteiger partial charge in [0.05, 0.1) is 18.4 Å². The van der Waals surface area contributed by atoms with Crippen LogP contribution in [0.15, 0.2) is 40.5 Å². The van der Waals surface area contributed by atoms with E-state index >= 15 is 0 Å². The number of amidine groups is 1. The minimum atomic E-state index is -0.576. The Balaban J connectivity index is 1.80. The number of hydrazone groups is 1. The third kappa shape index (κ3) is 6.29. The number of nitrogens with zero attached hydrogens (tertiary/aromatic N) is 3. The van der Waals surface area contributed by atoms with E-state index in [0.717, 1.165) is 36.1 Å². The molecule has 31 heavy (non-hydrogen) atoms. The number of aryl methyl sites for hydroxylation is 1. The second-order valence-electron chi connectivity index (χ2n) is 7.25. The molecule has 166 valence electrons. The summed E-state index contributed by atoms with van der Waals surface area (Å²) in [5, 5.41) is 7.67. The van der Waals surface area contributed by atoms with Gasteiger partial charge in [-0.3, -0.25) is 20.1 Å². The molecule has 1 aromatic carbocycles. The minimum absolute atomic E-state index is 0.134. The second-order valence-corrected chi connectivity index (χ2v) is 8.26. The zero-order valence-corrected chi connectivity index (χ0v) is 18.2. The molecule has 1 amide bonds. The van der Waals surface area contributed by atoms with E-state index in [1.165, 1.54) is 31.0 Å². The van der Waals surface area contributed by atoms with Crippen molar-refractivity contribution in [3.63, 3.8) is 0 Å². The highest BCUT2D eigenvalue weighted by molar-refractivity contribution is 8.13. The molecule has 11 heteroatoms. The van der Waals surface area contributed by atoms with E-state index in [1.807, 2.05) is 0 Å². The van der Waals surface area contributed by atoms with Crippen LogP contribution in [0.25, 0.3) is 0 Å². The van der Waals surface area contributed by atoms with Gasteiger partial charge in [0.15, 0.2) is 11.6 Å². The number of carbonyl (C=O) groups excluding carboxylic acids is 1. The SMILES string of the molecule is CONc1ccc(S/C(=N/N)N(C)N)c(C(=O)Nc2ncc(CCC3CC3)cc2F)c1. The van der Waals surface area contributed by atoms with Crippen molar-refractivity contribution in [2.24, 2.45) is 22.7 Å². The highest BCUT2D eigenvalue weighted by Crippen LogP contribution is 2.33. The van der Waals surface area contributed by atoms with Crippen molar-refractivity contribution in [2.75, 3.05) is 25.0 Å². The summed E-state index contributed by atoms with van der Waals surface area (Å²) in [5.74, 6) is 10.6. The van der Waals surface area contributed by atoms with Crippen molar-refractivity contribution in [2.45, 2.75) is 30.6 Å². The van der Waals surface area contributed by atoms with Crippen LogP contribution in [-0.2, 0) is 11.3 Å². The van der Waals surface area contributed by atoms with Crippen LogP contribution in [0.4, 0.5) is 15.9 Å². The Kier molecular flexibility index (Phi) is 7.66. The quantitative estimate of drug-likeness (QED) is 0.160. The number of thioether (sulfide) groups is 1. The van der Waals surface area contributed by atoms with Crippen LogP contribution < -0.4 is 22.5 Å². The van der Waals surface area contributed by atoms with Gasteiger partial charge in [-0.25, -0.2) is 15.2 Å². The molecule has 1 aliphatic carbocycles. The van der Waals surface area contributed by atoms with E-state index in [2.05, 4.69) is 20.9 Å². The number of aromatic nitrogens is 1. The van der Waals surface area contributed by atoms with E-state index in [1.54, 1.807) is 31.4 Å². The van der Waals surface area contributed by atoms with Crippen molar-refractivity contribution < 1.29 is 14.0 Å². The first-order valence-corrected chi connectivity index (χ1v) is 10.6. The van der Waals surface area contributed by atoms with Gasteiger partial charge < -0.3 is 11.2 Å². The molecule has 1 fully saturated rings. The number of nitrogens with one attached hydrogen (secondary N) is 2. The van der Waals surface area contributed by atoms with Crippen molar-refractivity contribution in [1.82, 2.24) is 9.99 Å². The molecule has 0 bridgehead atoms. The maximum absolute atomic E-state index is 14.6. The molecule has 0 radical (unpaired) electrons. The summed E-state index contributed by atoms with van der Waals surface area (Å²) in [7, 11) is 3.03. The molecule has 1 heterocycles. The Morgan fingerprint density at radius 1 is 1.42 bits per heavy atom. The van der Waals surface area contributed by atoms with Crippen molar-refractivity contribution in [1.29, 1.82) is 0 Å². The number of amides is 1. The number of halogens is 1. The Morgan fingerprint density at radius 2 is 2.19 bits per heavy atom. The monoisotopic (exact) mass is 447 g/mol. The van der Waals surface area contributed by atoms with Crippen molar-refractivity contribution >= 4 is 34.3 Å². The maximum Gasteiger partial charge on any atom is 0.258 e. The number of rotatable bonds is 8. The Bertz CT molecular complexity index is 967. The molecule has 9 nitrogen and oxygen atoms in total. The van der Waals surface area contributed by atoms with Gasteiger partial charge in [0, 0.05) is 18.1 Å². The van der Waals surface area contributed by atoms with Crippen LogP contribution >= 0.6 is 11.8 Å².